The zero-order valence-electron chi connectivity index (χ0n) is 13.6. The molecule has 0 aliphatic carbocycles. The molecule has 0 unspecified atom stereocenters. The highest BCUT2D eigenvalue weighted by Gasteiger charge is 2.19. The molecule has 0 aliphatic heterocycles. The Labute approximate surface area is 151 Å². The fourth-order valence-corrected chi connectivity index (χ4v) is 2.87. The maximum atomic E-state index is 12.4. The van der Waals surface area contributed by atoms with Crippen molar-refractivity contribution in [2.24, 2.45) is 10.8 Å². The van der Waals surface area contributed by atoms with E-state index in [-0.39, 0.29) is 21.5 Å². The fourth-order valence-electron chi connectivity index (χ4n) is 1.88. The first kappa shape index (κ1) is 18.7. The highest BCUT2D eigenvalue weighted by molar-refractivity contribution is 7.87. The largest absolute Gasteiger partial charge is 0.493 e. The predicted octanol–water partition coefficient (Wildman–Crippen LogP) is 1.94. The molecule has 0 saturated heterocycles. The van der Waals surface area contributed by atoms with E-state index in [1.165, 1.54) is 31.5 Å². The minimum Gasteiger partial charge on any atom is -0.493 e. The van der Waals surface area contributed by atoms with E-state index < -0.39 is 10.1 Å². The monoisotopic (exact) mass is 379 g/mol. The summed E-state index contributed by atoms with van der Waals surface area (Å²) < 4.78 is 35.3. The second-order valence-corrected chi connectivity index (χ2v) is 6.98. The van der Waals surface area contributed by atoms with Gasteiger partial charge in [0.25, 0.3) is 0 Å². The second kappa shape index (κ2) is 7.95. The SMILES string of the molecule is COc1ccc(C=NNC(N)=S)cc1OS(=O)(=O)c1ccc(C)cc1. The summed E-state index contributed by atoms with van der Waals surface area (Å²) in [6.45, 7) is 1.87. The zero-order valence-corrected chi connectivity index (χ0v) is 15.2. The Morgan fingerprint density at radius 1 is 1.20 bits per heavy atom. The van der Waals surface area contributed by atoms with Gasteiger partial charge in [-0.05, 0) is 55.0 Å². The van der Waals surface area contributed by atoms with Gasteiger partial charge < -0.3 is 14.7 Å². The first-order chi connectivity index (χ1) is 11.8. The van der Waals surface area contributed by atoms with Crippen LogP contribution < -0.4 is 20.1 Å². The van der Waals surface area contributed by atoms with Gasteiger partial charge in [-0.3, -0.25) is 5.43 Å². The standard InChI is InChI=1S/C16H17N3O4S2/c1-11-3-6-13(7-4-11)25(20,21)23-15-9-12(5-8-14(15)22-2)10-18-19-16(17)24/h3-10H,1-2H3,(H3,17,19,24). The van der Waals surface area contributed by atoms with E-state index in [1.807, 2.05) is 6.92 Å². The summed E-state index contributed by atoms with van der Waals surface area (Å²) >= 11 is 4.64. The Kier molecular flexibility index (Phi) is 5.94. The van der Waals surface area contributed by atoms with Gasteiger partial charge in [0.15, 0.2) is 16.6 Å². The van der Waals surface area contributed by atoms with Crippen molar-refractivity contribution in [3.63, 3.8) is 0 Å². The van der Waals surface area contributed by atoms with Crippen LogP contribution in [0.2, 0.25) is 0 Å². The summed E-state index contributed by atoms with van der Waals surface area (Å²) in [5.74, 6) is 0.317. The van der Waals surface area contributed by atoms with Gasteiger partial charge in [0.05, 0.1) is 13.3 Å². The van der Waals surface area contributed by atoms with Crippen molar-refractivity contribution in [2.75, 3.05) is 7.11 Å². The van der Waals surface area contributed by atoms with Gasteiger partial charge in [0, 0.05) is 0 Å². The number of ether oxygens (including phenoxy) is 1. The number of thiocarbonyl (C=S) groups is 1. The fraction of sp³-hybridized carbons (Fsp3) is 0.125. The van der Waals surface area contributed by atoms with Crippen molar-refractivity contribution in [1.82, 2.24) is 5.43 Å². The van der Waals surface area contributed by atoms with E-state index in [2.05, 4.69) is 22.7 Å². The van der Waals surface area contributed by atoms with Crippen LogP contribution in [0.25, 0.3) is 0 Å². The van der Waals surface area contributed by atoms with Crippen LogP contribution in [0.5, 0.6) is 11.5 Å². The van der Waals surface area contributed by atoms with E-state index >= 15 is 0 Å². The molecule has 0 spiro atoms. The van der Waals surface area contributed by atoms with Crippen LogP contribution in [-0.2, 0) is 10.1 Å². The average molecular weight is 379 g/mol. The number of methoxy groups -OCH3 is 1. The highest BCUT2D eigenvalue weighted by atomic mass is 32.2. The third-order valence-corrected chi connectivity index (χ3v) is 4.42. The lowest BCUT2D eigenvalue weighted by atomic mass is 10.2. The molecule has 3 N–H and O–H groups in total. The number of rotatable bonds is 6. The number of hydrogen-bond acceptors (Lipinski definition) is 6. The molecule has 2 aromatic carbocycles. The predicted molar refractivity (Wildman–Crippen MR) is 99.5 cm³/mol. The molecule has 0 aromatic heterocycles. The van der Waals surface area contributed by atoms with Crippen molar-refractivity contribution in [2.45, 2.75) is 11.8 Å². The topological polar surface area (TPSA) is 103 Å². The van der Waals surface area contributed by atoms with Crippen molar-refractivity contribution in [1.29, 1.82) is 0 Å². The molecule has 25 heavy (non-hydrogen) atoms. The van der Waals surface area contributed by atoms with Gasteiger partial charge in [-0.25, -0.2) is 0 Å². The normalized spacial score (nSPS) is 11.3. The van der Waals surface area contributed by atoms with E-state index in [0.717, 1.165) is 5.56 Å². The molecule has 0 heterocycles. The third kappa shape index (κ3) is 5.16. The van der Waals surface area contributed by atoms with Crippen LogP contribution in [0.15, 0.2) is 52.5 Å². The van der Waals surface area contributed by atoms with Crippen molar-refractivity contribution in [3.8, 4) is 11.5 Å². The van der Waals surface area contributed by atoms with Gasteiger partial charge in [0.2, 0.25) is 0 Å². The van der Waals surface area contributed by atoms with Crippen LogP contribution in [0.4, 0.5) is 0 Å². The molecular formula is C16H17N3O4S2. The second-order valence-electron chi connectivity index (χ2n) is 5.00. The van der Waals surface area contributed by atoms with Crippen LogP contribution >= 0.6 is 12.2 Å². The van der Waals surface area contributed by atoms with Crippen LogP contribution in [0.3, 0.4) is 0 Å². The van der Waals surface area contributed by atoms with Gasteiger partial charge in [-0.2, -0.15) is 13.5 Å². The molecule has 2 rings (SSSR count). The lowest BCUT2D eigenvalue weighted by Crippen LogP contribution is -2.23. The number of hydrogen-bond donors (Lipinski definition) is 2. The molecule has 132 valence electrons. The third-order valence-electron chi connectivity index (χ3n) is 3.09. The number of aryl methyl sites for hydroxylation is 1. The Balaban J connectivity index is 2.31. The molecule has 2 aromatic rings. The maximum Gasteiger partial charge on any atom is 0.339 e. The van der Waals surface area contributed by atoms with Crippen LogP contribution in [0.1, 0.15) is 11.1 Å². The quantitative estimate of drug-likeness (QED) is 0.342. The molecule has 0 radical (unpaired) electrons. The van der Waals surface area contributed by atoms with Gasteiger partial charge in [-0.1, -0.05) is 17.7 Å². The molecule has 0 amide bonds. The van der Waals surface area contributed by atoms with Gasteiger partial charge in [0.1, 0.15) is 4.90 Å². The Hall–Kier alpha value is -2.65. The van der Waals surface area contributed by atoms with Crippen molar-refractivity contribution >= 4 is 33.7 Å². The first-order valence-corrected chi connectivity index (χ1v) is 8.91. The molecule has 7 nitrogen and oxygen atoms in total. The van der Waals surface area contributed by atoms with E-state index in [0.29, 0.717) is 5.56 Å². The summed E-state index contributed by atoms with van der Waals surface area (Å²) in [4.78, 5) is 0.0503. The molecule has 0 aliphatic rings. The lowest BCUT2D eigenvalue weighted by Gasteiger charge is -2.11. The van der Waals surface area contributed by atoms with Crippen molar-refractivity contribution < 1.29 is 17.3 Å². The molecule has 0 saturated carbocycles. The molecule has 0 atom stereocenters. The number of nitrogens with two attached hydrogens (primary N) is 1. The van der Waals surface area contributed by atoms with Gasteiger partial charge >= 0.3 is 10.1 Å². The van der Waals surface area contributed by atoms with Gasteiger partial charge in [-0.15, -0.1) is 0 Å². The Morgan fingerprint density at radius 3 is 2.48 bits per heavy atom. The molecule has 9 heteroatoms. The summed E-state index contributed by atoms with van der Waals surface area (Å²) in [5.41, 5.74) is 9.20. The molecule has 0 fully saturated rings. The molecular weight excluding hydrogens is 362 g/mol. The first-order valence-electron chi connectivity index (χ1n) is 7.09. The number of nitrogens with zero attached hydrogens (tertiary/aromatic N) is 1. The number of benzene rings is 2. The number of hydrazone groups is 1. The van der Waals surface area contributed by atoms with Crippen molar-refractivity contribution in [3.05, 3.63) is 53.6 Å². The van der Waals surface area contributed by atoms with Crippen LogP contribution in [-0.4, -0.2) is 26.9 Å². The van der Waals surface area contributed by atoms with E-state index in [9.17, 15) is 8.42 Å². The Bertz CT molecular complexity index is 894. The Morgan fingerprint density at radius 2 is 1.88 bits per heavy atom. The molecule has 0 bridgehead atoms. The van der Waals surface area contributed by atoms with Crippen LogP contribution in [0, 0.1) is 6.92 Å². The minimum atomic E-state index is -3.99. The summed E-state index contributed by atoms with van der Waals surface area (Å²) in [5, 5.41) is 3.83. The number of nitrogens with one attached hydrogen (secondary N) is 1. The summed E-state index contributed by atoms with van der Waals surface area (Å²) in [7, 11) is -2.57. The highest BCUT2D eigenvalue weighted by Crippen LogP contribution is 2.30. The maximum absolute atomic E-state index is 12.4. The smallest absolute Gasteiger partial charge is 0.339 e. The minimum absolute atomic E-state index is 0.0168. The zero-order chi connectivity index (χ0) is 18.4. The summed E-state index contributed by atoms with van der Waals surface area (Å²) in [6, 6.07) is 11.1. The van der Waals surface area contributed by atoms with E-state index in [4.69, 9.17) is 14.7 Å². The van der Waals surface area contributed by atoms with E-state index in [1.54, 1.807) is 24.3 Å². The lowest BCUT2D eigenvalue weighted by molar-refractivity contribution is 0.390. The average Bonchev–Trinajstić information content (AvgIpc) is 2.55. The summed E-state index contributed by atoms with van der Waals surface area (Å²) in [6.07, 6.45) is 1.42.